The molecule has 0 radical (unpaired) electrons. The zero-order chi connectivity index (χ0) is 23.2. The minimum Gasteiger partial charge on any atom is -0.380 e. The van der Waals surface area contributed by atoms with Gasteiger partial charge in [-0.15, -0.1) is 5.10 Å². The van der Waals surface area contributed by atoms with Gasteiger partial charge in [-0.3, -0.25) is 14.0 Å². The van der Waals surface area contributed by atoms with Gasteiger partial charge in [0.25, 0.3) is 5.56 Å². The summed E-state index contributed by atoms with van der Waals surface area (Å²) >= 11 is 0. The Balaban J connectivity index is 1.64. The standard InChI is InChI=1S/C10H17N6O12P3/c1-15-8-7(9(11)13-15)12-14-16(10(8)17)6-3-2-5(26-6)4-25-30(21,22)28-31(23,24)27-29(18,19)20/h5-6H,2-4H2,1H3,(H2,11,13)(H,21,22)(H,23,24)(H2,18,19,20). The van der Waals surface area contributed by atoms with Crippen LogP contribution in [-0.2, 0) is 38.6 Å². The van der Waals surface area contributed by atoms with Crippen LogP contribution in [-0.4, -0.2) is 57.1 Å². The van der Waals surface area contributed by atoms with E-state index in [1.165, 1.54) is 11.7 Å². The Morgan fingerprint density at radius 2 is 1.84 bits per heavy atom. The highest BCUT2D eigenvalue weighted by Crippen LogP contribution is 2.66. The Morgan fingerprint density at radius 3 is 2.48 bits per heavy atom. The van der Waals surface area contributed by atoms with Crippen LogP contribution in [0.5, 0.6) is 0 Å². The third kappa shape index (κ3) is 5.83. The molecule has 0 amide bonds. The van der Waals surface area contributed by atoms with Gasteiger partial charge in [0.15, 0.2) is 23.1 Å². The number of aryl methyl sites for hydroxylation is 1. The Bertz CT molecular complexity index is 1190. The molecule has 4 atom stereocenters. The number of phosphoric ester groups is 1. The van der Waals surface area contributed by atoms with E-state index in [9.17, 15) is 23.4 Å². The van der Waals surface area contributed by atoms with Crippen molar-refractivity contribution in [2.24, 2.45) is 7.05 Å². The first-order valence-corrected chi connectivity index (χ1v) is 12.7. The highest BCUT2D eigenvalue weighted by atomic mass is 31.3. The summed E-state index contributed by atoms with van der Waals surface area (Å²) in [6.07, 6.45) is -1.32. The highest BCUT2D eigenvalue weighted by molar-refractivity contribution is 7.66. The average Bonchev–Trinajstić information content (AvgIpc) is 3.15. The molecule has 4 unspecified atom stereocenters. The number of rotatable bonds is 8. The summed E-state index contributed by atoms with van der Waals surface area (Å²) in [6, 6.07) is 0. The van der Waals surface area contributed by atoms with Gasteiger partial charge < -0.3 is 30.0 Å². The Morgan fingerprint density at radius 1 is 1.16 bits per heavy atom. The molecule has 2 aromatic heterocycles. The molecule has 31 heavy (non-hydrogen) atoms. The van der Waals surface area contributed by atoms with Crippen molar-refractivity contribution in [2.75, 3.05) is 12.3 Å². The fourth-order valence-electron chi connectivity index (χ4n) is 2.77. The van der Waals surface area contributed by atoms with E-state index < -0.39 is 48.0 Å². The summed E-state index contributed by atoms with van der Waals surface area (Å²) in [5.74, 6) is 0.0236. The molecule has 0 aliphatic carbocycles. The van der Waals surface area contributed by atoms with E-state index in [4.69, 9.17) is 25.2 Å². The van der Waals surface area contributed by atoms with Crippen LogP contribution in [0.15, 0.2) is 4.79 Å². The normalized spacial score (nSPS) is 23.6. The number of hydrogen-bond donors (Lipinski definition) is 5. The molecule has 3 rings (SSSR count). The summed E-state index contributed by atoms with van der Waals surface area (Å²) in [4.78, 5) is 48.2. The first-order valence-electron chi connectivity index (χ1n) is 8.19. The predicted molar refractivity (Wildman–Crippen MR) is 97.9 cm³/mol. The maximum Gasteiger partial charge on any atom is 0.490 e. The fourth-order valence-corrected chi connectivity index (χ4v) is 5.82. The van der Waals surface area contributed by atoms with Gasteiger partial charge in [-0.2, -0.15) is 18.4 Å². The number of phosphoric acid groups is 3. The molecular formula is C10H17N6O12P3. The van der Waals surface area contributed by atoms with E-state index in [0.717, 1.165) is 4.68 Å². The van der Waals surface area contributed by atoms with Crippen molar-refractivity contribution < 1.29 is 51.2 Å². The topological polar surface area (TPSA) is 261 Å². The molecule has 21 heteroatoms. The largest absolute Gasteiger partial charge is 0.490 e. The molecule has 2 aromatic rings. The molecule has 1 fully saturated rings. The van der Waals surface area contributed by atoms with Crippen molar-refractivity contribution in [3.8, 4) is 0 Å². The molecule has 1 aliphatic heterocycles. The lowest BCUT2D eigenvalue weighted by Crippen LogP contribution is -2.30. The minimum absolute atomic E-state index is 0.0236. The SMILES string of the molecule is Cn1nc(N)c2nnn(C3CCC(COP(=O)(O)OP(=O)(O)OP(=O)(O)O)O3)c(=O)c21. The Hall–Kier alpha value is -1.55. The van der Waals surface area contributed by atoms with Gasteiger partial charge in [-0.05, 0) is 12.8 Å². The summed E-state index contributed by atoms with van der Waals surface area (Å²) in [5, 5.41) is 11.5. The van der Waals surface area contributed by atoms with Gasteiger partial charge in [0, 0.05) is 7.05 Å². The molecular weight excluding hydrogens is 489 g/mol. The van der Waals surface area contributed by atoms with E-state index >= 15 is 0 Å². The van der Waals surface area contributed by atoms with Crippen molar-refractivity contribution >= 4 is 40.3 Å². The van der Waals surface area contributed by atoms with Crippen LogP contribution in [0, 0.1) is 0 Å². The molecule has 18 nitrogen and oxygen atoms in total. The number of hydrogen-bond acceptors (Lipinski definition) is 12. The van der Waals surface area contributed by atoms with E-state index in [1.807, 2.05) is 0 Å². The van der Waals surface area contributed by atoms with Gasteiger partial charge in [-0.25, -0.2) is 13.7 Å². The number of nitrogens with zero attached hydrogens (tertiary/aromatic N) is 5. The van der Waals surface area contributed by atoms with Crippen molar-refractivity contribution in [3.63, 3.8) is 0 Å². The molecule has 0 aromatic carbocycles. The molecule has 0 spiro atoms. The van der Waals surface area contributed by atoms with Gasteiger partial charge in [0.05, 0.1) is 12.7 Å². The summed E-state index contributed by atoms with van der Waals surface area (Å²) in [6.45, 7) is -0.636. The maximum absolute atomic E-state index is 12.6. The molecule has 0 saturated carbocycles. The predicted octanol–water partition coefficient (Wildman–Crippen LogP) is -0.872. The molecule has 174 valence electrons. The first kappa shape index (κ1) is 24.1. The smallest absolute Gasteiger partial charge is 0.380 e. The van der Waals surface area contributed by atoms with Crippen molar-refractivity contribution in [1.82, 2.24) is 24.8 Å². The molecule has 1 saturated heterocycles. The number of fused-ring (bicyclic) bond motifs is 1. The van der Waals surface area contributed by atoms with Crippen LogP contribution < -0.4 is 11.3 Å². The summed E-state index contributed by atoms with van der Waals surface area (Å²) in [5.41, 5.74) is 5.27. The van der Waals surface area contributed by atoms with Gasteiger partial charge in [0.2, 0.25) is 0 Å². The van der Waals surface area contributed by atoms with Crippen molar-refractivity contribution in [3.05, 3.63) is 10.4 Å². The minimum atomic E-state index is -5.61. The van der Waals surface area contributed by atoms with Crippen LogP contribution in [0.1, 0.15) is 19.1 Å². The van der Waals surface area contributed by atoms with E-state index in [0.29, 0.717) is 0 Å². The second kappa shape index (κ2) is 8.42. The third-order valence-electron chi connectivity index (χ3n) is 3.90. The number of anilines is 1. The zero-order valence-electron chi connectivity index (χ0n) is 15.5. The lowest BCUT2D eigenvalue weighted by Gasteiger charge is -2.18. The lowest BCUT2D eigenvalue weighted by molar-refractivity contribution is -0.0311. The highest BCUT2D eigenvalue weighted by Gasteiger charge is 2.41. The quantitative estimate of drug-likeness (QED) is 0.272. The fraction of sp³-hybridized carbons (Fsp3) is 0.600. The van der Waals surface area contributed by atoms with Gasteiger partial charge >= 0.3 is 23.5 Å². The van der Waals surface area contributed by atoms with Crippen molar-refractivity contribution in [2.45, 2.75) is 25.2 Å². The first-order chi connectivity index (χ1) is 14.2. The van der Waals surface area contributed by atoms with Gasteiger partial charge in [0.1, 0.15) is 0 Å². The van der Waals surface area contributed by atoms with Crippen LogP contribution in [0.3, 0.4) is 0 Å². The van der Waals surface area contributed by atoms with Crippen molar-refractivity contribution in [1.29, 1.82) is 0 Å². The Labute approximate surface area is 171 Å². The number of aromatic nitrogens is 5. The van der Waals surface area contributed by atoms with E-state index in [-0.39, 0.29) is 29.7 Å². The second-order valence-electron chi connectivity index (χ2n) is 6.22. The summed E-state index contributed by atoms with van der Waals surface area (Å²) < 4.78 is 53.1. The Kier molecular flexibility index (Phi) is 6.55. The van der Waals surface area contributed by atoms with E-state index in [1.54, 1.807) is 0 Å². The average molecular weight is 506 g/mol. The van der Waals surface area contributed by atoms with Crippen LogP contribution in [0.25, 0.3) is 11.0 Å². The molecule has 6 N–H and O–H groups in total. The molecule has 1 aliphatic rings. The third-order valence-corrected chi connectivity index (χ3v) is 7.70. The zero-order valence-corrected chi connectivity index (χ0v) is 18.2. The van der Waals surface area contributed by atoms with Crippen LogP contribution in [0.4, 0.5) is 5.82 Å². The van der Waals surface area contributed by atoms with Gasteiger partial charge in [-0.1, -0.05) is 5.21 Å². The maximum atomic E-state index is 12.6. The second-order valence-corrected chi connectivity index (χ2v) is 10.6. The number of ether oxygens (including phenoxy) is 1. The molecule has 3 heterocycles. The monoisotopic (exact) mass is 506 g/mol. The van der Waals surface area contributed by atoms with Crippen LogP contribution >= 0.6 is 23.5 Å². The summed E-state index contributed by atoms with van der Waals surface area (Å²) in [7, 11) is -14.9. The number of nitrogens with two attached hydrogens (primary N) is 1. The number of nitrogen functional groups attached to an aromatic ring is 1. The lowest BCUT2D eigenvalue weighted by atomic mass is 10.2. The molecule has 0 bridgehead atoms. The van der Waals surface area contributed by atoms with E-state index in [2.05, 4.69) is 28.6 Å². The van der Waals surface area contributed by atoms with Crippen LogP contribution in [0.2, 0.25) is 0 Å².